The average Bonchev–Trinajstić information content (AvgIpc) is 2.47. The molecule has 0 radical (unpaired) electrons. The molecule has 21 heavy (non-hydrogen) atoms. The van der Waals surface area contributed by atoms with Gasteiger partial charge in [0.05, 0.1) is 19.1 Å². The lowest BCUT2D eigenvalue weighted by molar-refractivity contribution is -0.141. The summed E-state index contributed by atoms with van der Waals surface area (Å²) in [5.41, 5.74) is 1.94. The Hall–Kier alpha value is -2.08. The number of carboxylic acid groups (broad SMARTS) is 1. The smallest absolute Gasteiger partial charge is 0.322 e. The van der Waals surface area contributed by atoms with E-state index in [0.717, 1.165) is 12.1 Å². The molecule has 1 aromatic carbocycles. The van der Waals surface area contributed by atoms with Crippen molar-refractivity contribution < 1.29 is 19.4 Å². The van der Waals surface area contributed by atoms with E-state index in [1.807, 2.05) is 24.3 Å². The Kier molecular flexibility index (Phi) is 5.16. The van der Waals surface area contributed by atoms with Crippen LogP contribution >= 0.6 is 0 Å². The Labute approximate surface area is 123 Å². The minimum atomic E-state index is -0.919. The van der Waals surface area contributed by atoms with Crippen LogP contribution < -0.4 is 5.32 Å². The van der Waals surface area contributed by atoms with E-state index in [4.69, 9.17) is 9.84 Å². The molecule has 2 N–H and O–H groups in total. The van der Waals surface area contributed by atoms with Gasteiger partial charge in [-0.25, -0.2) is 4.79 Å². The summed E-state index contributed by atoms with van der Waals surface area (Å²) in [6, 6.07) is 7.46. The lowest BCUT2D eigenvalue weighted by Gasteiger charge is -2.32. The van der Waals surface area contributed by atoms with Gasteiger partial charge in [0.25, 0.3) is 0 Å². The molecule has 1 heterocycles. The van der Waals surface area contributed by atoms with Crippen molar-refractivity contribution in [2.45, 2.75) is 25.9 Å². The van der Waals surface area contributed by atoms with Crippen molar-refractivity contribution in [2.24, 2.45) is 0 Å². The molecule has 114 valence electrons. The monoisotopic (exact) mass is 292 g/mol. The molecule has 1 atom stereocenters. The topological polar surface area (TPSA) is 78.9 Å². The van der Waals surface area contributed by atoms with E-state index < -0.39 is 12.1 Å². The van der Waals surface area contributed by atoms with E-state index in [1.54, 1.807) is 4.90 Å². The molecule has 2 rings (SSSR count). The molecule has 1 fully saturated rings. The Morgan fingerprint density at radius 3 is 2.71 bits per heavy atom. The van der Waals surface area contributed by atoms with Crippen molar-refractivity contribution in [2.75, 3.05) is 25.0 Å². The van der Waals surface area contributed by atoms with E-state index in [0.29, 0.717) is 19.7 Å². The first kappa shape index (κ1) is 15.3. The van der Waals surface area contributed by atoms with Crippen LogP contribution in [0, 0.1) is 0 Å². The third-order valence-corrected chi connectivity index (χ3v) is 3.44. The third kappa shape index (κ3) is 4.46. The summed E-state index contributed by atoms with van der Waals surface area (Å²) < 4.78 is 5.35. The van der Waals surface area contributed by atoms with Crippen LogP contribution in [-0.2, 0) is 16.0 Å². The molecular formula is C15H20N2O4. The van der Waals surface area contributed by atoms with E-state index in [-0.39, 0.29) is 12.5 Å². The second-order valence-electron chi connectivity index (χ2n) is 5.02. The number of amides is 2. The van der Waals surface area contributed by atoms with Crippen molar-refractivity contribution in [1.82, 2.24) is 4.90 Å². The van der Waals surface area contributed by atoms with E-state index in [2.05, 4.69) is 12.2 Å². The number of carboxylic acids is 1. The lowest BCUT2D eigenvalue weighted by atomic mass is 10.1. The molecule has 0 bridgehead atoms. The molecule has 1 aliphatic rings. The van der Waals surface area contributed by atoms with E-state index in [1.165, 1.54) is 5.56 Å². The molecule has 0 aromatic heterocycles. The standard InChI is InChI=1S/C15H20N2O4/c1-2-11-3-5-12(6-4-11)16-15(20)17-7-8-21-13(10-17)9-14(18)19/h3-6,13H,2,7-10H2,1H3,(H,16,20)(H,18,19). The number of benzene rings is 1. The number of aliphatic carboxylic acids is 1. The highest BCUT2D eigenvalue weighted by Crippen LogP contribution is 2.13. The molecule has 0 aliphatic carbocycles. The molecule has 1 aliphatic heterocycles. The van der Waals surface area contributed by atoms with E-state index in [9.17, 15) is 9.59 Å². The van der Waals surface area contributed by atoms with Gasteiger partial charge in [0, 0.05) is 18.8 Å². The molecule has 0 spiro atoms. The number of ether oxygens (including phenoxy) is 1. The minimum Gasteiger partial charge on any atom is -0.481 e. The van der Waals surface area contributed by atoms with Crippen LogP contribution in [0.1, 0.15) is 18.9 Å². The number of nitrogens with zero attached hydrogens (tertiary/aromatic N) is 1. The van der Waals surface area contributed by atoms with Crippen LogP contribution in [-0.4, -0.2) is 47.8 Å². The zero-order chi connectivity index (χ0) is 15.2. The van der Waals surface area contributed by atoms with Gasteiger partial charge in [-0.2, -0.15) is 0 Å². The van der Waals surface area contributed by atoms with Gasteiger partial charge in [-0.1, -0.05) is 19.1 Å². The number of anilines is 1. The number of urea groups is 1. The van der Waals surface area contributed by atoms with Crippen LogP contribution in [0.15, 0.2) is 24.3 Å². The molecule has 1 aromatic rings. The maximum Gasteiger partial charge on any atom is 0.322 e. The number of hydrogen-bond acceptors (Lipinski definition) is 3. The Balaban J connectivity index is 1.91. The number of morpholine rings is 1. The van der Waals surface area contributed by atoms with Crippen LogP contribution in [0.3, 0.4) is 0 Å². The number of aryl methyl sites for hydroxylation is 1. The molecule has 1 unspecified atom stereocenters. The van der Waals surface area contributed by atoms with Crippen LogP contribution in [0.25, 0.3) is 0 Å². The van der Waals surface area contributed by atoms with Crippen molar-refractivity contribution >= 4 is 17.7 Å². The van der Waals surface area contributed by atoms with Gasteiger partial charge in [0.2, 0.25) is 0 Å². The van der Waals surface area contributed by atoms with Crippen molar-refractivity contribution in [1.29, 1.82) is 0 Å². The van der Waals surface area contributed by atoms with Gasteiger partial charge in [-0.3, -0.25) is 4.79 Å². The molecule has 6 nitrogen and oxygen atoms in total. The van der Waals surface area contributed by atoms with Gasteiger partial charge in [0.15, 0.2) is 0 Å². The minimum absolute atomic E-state index is 0.0883. The first-order valence-electron chi connectivity index (χ1n) is 7.06. The molecule has 0 saturated carbocycles. The lowest BCUT2D eigenvalue weighted by Crippen LogP contribution is -2.47. The Bertz CT molecular complexity index is 501. The van der Waals surface area contributed by atoms with Gasteiger partial charge in [0.1, 0.15) is 0 Å². The van der Waals surface area contributed by atoms with Gasteiger partial charge in [-0.05, 0) is 24.1 Å². The van der Waals surface area contributed by atoms with Gasteiger partial charge >= 0.3 is 12.0 Å². The summed E-state index contributed by atoms with van der Waals surface area (Å²) in [4.78, 5) is 24.4. The zero-order valence-electron chi connectivity index (χ0n) is 12.0. The summed E-state index contributed by atoms with van der Waals surface area (Å²) in [6.07, 6.45) is 0.424. The SMILES string of the molecule is CCc1ccc(NC(=O)N2CCOC(CC(=O)O)C2)cc1. The van der Waals surface area contributed by atoms with Crippen LogP contribution in [0.2, 0.25) is 0 Å². The highest BCUT2D eigenvalue weighted by molar-refractivity contribution is 5.89. The second-order valence-corrected chi connectivity index (χ2v) is 5.02. The molecule has 2 amide bonds. The largest absolute Gasteiger partial charge is 0.481 e. The van der Waals surface area contributed by atoms with Gasteiger partial charge in [-0.15, -0.1) is 0 Å². The maximum absolute atomic E-state index is 12.2. The number of carbonyl (C=O) groups excluding carboxylic acids is 1. The highest BCUT2D eigenvalue weighted by Gasteiger charge is 2.25. The predicted molar refractivity (Wildman–Crippen MR) is 78.4 cm³/mol. The average molecular weight is 292 g/mol. The normalized spacial score (nSPS) is 18.3. The fraction of sp³-hybridized carbons (Fsp3) is 0.467. The predicted octanol–water partition coefficient (Wildman–Crippen LogP) is 1.96. The molecule has 1 saturated heterocycles. The number of nitrogens with one attached hydrogen (secondary N) is 1. The summed E-state index contributed by atoms with van der Waals surface area (Å²) in [7, 11) is 0. The number of rotatable bonds is 4. The maximum atomic E-state index is 12.2. The zero-order valence-corrected chi connectivity index (χ0v) is 12.0. The summed E-state index contributed by atoms with van der Waals surface area (Å²) in [6.45, 7) is 3.20. The summed E-state index contributed by atoms with van der Waals surface area (Å²) in [5, 5.41) is 11.6. The first-order valence-corrected chi connectivity index (χ1v) is 7.06. The first-order chi connectivity index (χ1) is 10.1. The Morgan fingerprint density at radius 1 is 1.38 bits per heavy atom. The van der Waals surface area contributed by atoms with Crippen LogP contribution in [0.5, 0.6) is 0 Å². The fourth-order valence-corrected chi connectivity index (χ4v) is 2.25. The third-order valence-electron chi connectivity index (χ3n) is 3.44. The molecular weight excluding hydrogens is 272 g/mol. The quantitative estimate of drug-likeness (QED) is 0.889. The van der Waals surface area contributed by atoms with Crippen molar-refractivity contribution in [3.63, 3.8) is 0 Å². The number of hydrogen-bond donors (Lipinski definition) is 2. The van der Waals surface area contributed by atoms with E-state index >= 15 is 0 Å². The fourth-order valence-electron chi connectivity index (χ4n) is 2.25. The second kappa shape index (κ2) is 7.08. The van der Waals surface area contributed by atoms with Crippen molar-refractivity contribution in [3.05, 3.63) is 29.8 Å². The van der Waals surface area contributed by atoms with Gasteiger partial charge < -0.3 is 20.1 Å². The Morgan fingerprint density at radius 2 is 2.10 bits per heavy atom. The summed E-state index contributed by atoms with van der Waals surface area (Å²) in [5.74, 6) is -0.919. The molecule has 6 heteroatoms. The highest BCUT2D eigenvalue weighted by atomic mass is 16.5. The van der Waals surface area contributed by atoms with Crippen molar-refractivity contribution in [3.8, 4) is 0 Å². The summed E-state index contributed by atoms with van der Waals surface area (Å²) >= 11 is 0. The van der Waals surface area contributed by atoms with Crippen LogP contribution in [0.4, 0.5) is 10.5 Å². The number of carbonyl (C=O) groups is 2.